The van der Waals surface area contributed by atoms with Crippen molar-refractivity contribution in [3.05, 3.63) is 53.2 Å². The first-order valence-electron chi connectivity index (χ1n) is 5.11. The lowest BCUT2D eigenvalue weighted by Crippen LogP contribution is -2.12. The van der Waals surface area contributed by atoms with E-state index in [0.29, 0.717) is 16.9 Å². The van der Waals surface area contributed by atoms with Crippen molar-refractivity contribution in [3.63, 3.8) is 0 Å². The van der Waals surface area contributed by atoms with Crippen molar-refractivity contribution in [2.24, 2.45) is 0 Å². The molecule has 5 heteroatoms. The summed E-state index contributed by atoms with van der Waals surface area (Å²) < 4.78 is 0. The number of aromatic nitrogens is 4. The molecule has 5 nitrogen and oxygen atoms in total. The molecule has 2 heterocycles. The molecule has 0 saturated heterocycles. The number of nitrogens with zero attached hydrogens (tertiary/aromatic N) is 3. The van der Waals surface area contributed by atoms with Crippen LogP contribution in [-0.2, 0) is 0 Å². The van der Waals surface area contributed by atoms with Gasteiger partial charge in [-0.3, -0.25) is 0 Å². The molecule has 0 radical (unpaired) electrons. The van der Waals surface area contributed by atoms with Crippen molar-refractivity contribution in [1.82, 2.24) is 19.9 Å². The van der Waals surface area contributed by atoms with E-state index in [9.17, 15) is 4.79 Å². The molecule has 0 aliphatic carbocycles. The van der Waals surface area contributed by atoms with E-state index in [1.54, 1.807) is 6.20 Å². The van der Waals surface area contributed by atoms with E-state index in [4.69, 9.17) is 0 Å². The van der Waals surface area contributed by atoms with Crippen LogP contribution in [0.25, 0.3) is 22.4 Å². The Bertz CT molecular complexity index is 721. The highest BCUT2D eigenvalue weighted by atomic mass is 16.1. The van der Waals surface area contributed by atoms with Crippen molar-refractivity contribution in [2.45, 2.75) is 0 Å². The van der Waals surface area contributed by atoms with Gasteiger partial charge in [0.25, 0.3) is 0 Å². The monoisotopic (exact) mass is 224 g/mol. The Morgan fingerprint density at radius 2 is 1.76 bits per heavy atom. The van der Waals surface area contributed by atoms with Crippen molar-refractivity contribution in [2.75, 3.05) is 0 Å². The summed E-state index contributed by atoms with van der Waals surface area (Å²) in [6.07, 6.45) is 3.10. The number of benzene rings is 1. The van der Waals surface area contributed by atoms with Gasteiger partial charge in [0.2, 0.25) is 0 Å². The highest BCUT2D eigenvalue weighted by molar-refractivity contribution is 5.85. The Hall–Kier alpha value is -2.56. The summed E-state index contributed by atoms with van der Waals surface area (Å²) in [5.41, 5.74) is 2.07. The average Bonchev–Trinajstić information content (AvgIpc) is 2.39. The minimum absolute atomic E-state index is 0.357. The molecule has 0 aliphatic heterocycles. The molecular formula is C12H8N4O. The average molecular weight is 224 g/mol. The Morgan fingerprint density at radius 1 is 1.00 bits per heavy atom. The van der Waals surface area contributed by atoms with Crippen molar-refractivity contribution < 1.29 is 0 Å². The largest absolute Gasteiger partial charge is 0.347 e. The highest BCUT2D eigenvalue weighted by Crippen LogP contribution is 2.20. The number of hydrogen-bond acceptors (Lipinski definition) is 4. The molecule has 3 rings (SSSR count). The molecule has 3 aromatic rings. The van der Waals surface area contributed by atoms with Crippen LogP contribution in [0.15, 0.2) is 47.5 Å². The van der Waals surface area contributed by atoms with Crippen LogP contribution in [0.4, 0.5) is 0 Å². The van der Waals surface area contributed by atoms with Crippen LogP contribution in [0.3, 0.4) is 0 Å². The van der Waals surface area contributed by atoms with Crippen LogP contribution in [-0.4, -0.2) is 19.9 Å². The van der Waals surface area contributed by atoms with E-state index in [2.05, 4.69) is 19.9 Å². The van der Waals surface area contributed by atoms with Gasteiger partial charge in [-0.2, -0.15) is 4.98 Å². The third kappa shape index (κ3) is 1.67. The van der Waals surface area contributed by atoms with Gasteiger partial charge >= 0.3 is 5.69 Å². The summed E-state index contributed by atoms with van der Waals surface area (Å²) in [6.45, 7) is 0. The minimum Gasteiger partial charge on any atom is -0.303 e. The summed E-state index contributed by atoms with van der Waals surface area (Å²) in [4.78, 5) is 26.2. The SMILES string of the molecule is O=c1nc2nccnc2c(-c2ccccc2)[nH]1. The van der Waals surface area contributed by atoms with Crippen LogP contribution in [0.5, 0.6) is 0 Å². The van der Waals surface area contributed by atoms with Crippen molar-refractivity contribution >= 4 is 11.2 Å². The van der Waals surface area contributed by atoms with Crippen LogP contribution < -0.4 is 5.69 Å². The number of nitrogens with one attached hydrogen (secondary N) is 1. The number of aromatic amines is 1. The Morgan fingerprint density at radius 3 is 2.59 bits per heavy atom. The second-order valence-corrected chi connectivity index (χ2v) is 3.51. The topological polar surface area (TPSA) is 71.5 Å². The zero-order chi connectivity index (χ0) is 11.7. The third-order valence-electron chi connectivity index (χ3n) is 2.42. The van der Waals surface area contributed by atoms with E-state index in [1.807, 2.05) is 30.3 Å². The fraction of sp³-hybridized carbons (Fsp3) is 0. The molecule has 2 aromatic heterocycles. The van der Waals surface area contributed by atoms with Crippen molar-refractivity contribution in [3.8, 4) is 11.3 Å². The number of rotatable bonds is 1. The quantitative estimate of drug-likeness (QED) is 0.677. The first kappa shape index (κ1) is 9.65. The summed E-state index contributed by atoms with van der Waals surface area (Å²) in [5.74, 6) is 0. The molecule has 0 bridgehead atoms. The molecule has 1 aromatic carbocycles. The first-order chi connectivity index (χ1) is 8.34. The number of H-pyrrole nitrogens is 1. The molecule has 0 spiro atoms. The lowest BCUT2D eigenvalue weighted by atomic mass is 10.1. The highest BCUT2D eigenvalue weighted by Gasteiger charge is 2.07. The Labute approximate surface area is 96.2 Å². The fourth-order valence-electron chi connectivity index (χ4n) is 1.69. The standard InChI is InChI=1S/C12H8N4O/c17-12-15-9(8-4-2-1-3-5-8)10-11(16-12)14-7-6-13-10/h1-7H,(H,14,15,16,17). The van der Waals surface area contributed by atoms with Gasteiger partial charge in [0.1, 0.15) is 5.52 Å². The van der Waals surface area contributed by atoms with Crippen molar-refractivity contribution in [1.29, 1.82) is 0 Å². The van der Waals surface area contributed by atoms with E-state index in [1.165, 1.54) is 6.20 Å². The van der Waals surface area contributed by atoms with Gasteiger partial charge in [-0.15, -0.1) is 0 Å². The Balaban J connectivity index is 2.40. The smallest absolute Gasteiger partial charge is 0.303 e. The van der Waals surface area contributed by atoms with Gasteiger partial charge < -0.3 is 4.98 Å². The zero-order valence-electron chi connectivity index (χ0n) is 8.79. The summed E-state index contributed by atoms with van der Waals surface area (Å²) in [6, 6.07) is 9.52. The third-order valence-corrected chi connectivity index (χ3v) is 2.42. The molecule has 17 heavy (non-hydrogen) atoms. The van der Waals surface area contributed by atoms with E-state index in [-0.39, 0.29) is 0 Å². The molecule has 0 aliphatic rings. The molecule has 82 valence electrons. The van der Waals surface area contributed by atoms with E-state index >= 15 is 0 Å². The summed E-state index contributed by atoms with van der Waals surface area (Å²) in [7, 11) is 0. The van der Waals surface area contributed by atoms with Gasteiger partial charge in [-0.05, 0) is 0 Å². The van der Waals surface area contributed by atoms with Crippen LogP contribution >= 0.6 is 0 Å². The second-order valence-electron chi connectivity index (χ2n) is 3.51. The lowest BCUT2D eigenvalue weighted by molar-refractivity contribution is 1.08. The summed E-state index contributed by atoms with van der Waals surface area (Å²) >= 11 is 0. The predicted molar refractivity (Wildman–Crippen MR) is 63.4 cm³/mol. The first-order valence-corrected chi connectivity index (χ1v) is 5.11. The fourth-order valence-corrected chi connectivity index (χ4v) is 1.69. The molecule has 0 atom stereocenters. The van der Waals surface area contributed by atoms with Gasteiger partial charge in [0, 0.05) is 18.0 Å². The maximum atomic E-state index is 11.4. The van der Waals surface area contributed by atoms with Crippen LogP contribution in [0.1, 0.15) is 0 Å². The van der Waals surface area contributed by atoms with Crippen LogP contribution in [0.2, 0.25) is 0 Å². The van der Waals surface area contributed by atoms with Crippen LogP contribution in [0, 0.1) is 0 Å². The molecular weight excluding hydrogens is 216 g/mol. The normalized spacial score (nSPS) is 10.6. The number of hydrogen-bond donors (Lipinski definition) is 1. The second kappa shape index (κ2) is 3.79. The maximum absolute atomic E-state index is 11.4. The molecule has 0 amide bonds. The predicted octanol–water partition coefficient (Wildman–Crippen LogP) is 1.38. The molecule has 0 saturated carbocycles. The van der Waals surface area contributed by atoms with Gasteiger partial charge in [-0.1, -0.05) is 30.3 Å². The maximum Gasteiger partial charge on any atom is 0.347 e. The van der Waals surface area contributed by atoms with Gasteiger partial charge in [0.05, 0.1) is 5.69 Å². The summed E-state index contributed by atoms with van der Waals surface area (Å²) in [5, 5.41) is 0. The molecule has 1 N–H and O–H groups in total. The number of fused-ring (bicyclic) bond motifs is 1. The van der Waals surface area contributed by atoms with E-state index in [0.717, 1.165) is 5.56 Å². The van der Waals surface area contributed by atoms with Gasteiger partial charge in [0.15, 0.2) is 5.65 Å². The Kier molecular flexibility index (Phi) is 2.15. The minimum atomic E-state index is -0.420. The lowest BCUT2D eigenvalue weighted by Gasteiger charge is -2.03. The zero-order valence-corrected chi connectivity index (χ0v) is 8.79. The van der Waals surface area contributed by atoms with Gasteiger partial charge in [-0.25, -0.2) is 14.8 Å². The molecule has 0 fully saturated rings. The molecule has 0 unspecified atom stereocenters. The van der Waals surface area contributed by atoms with E-state index < -0.39 is 5.69 Å².